The number of nitrogens with two attached hydrogens (primary N) is 1. The van der Waals surface area contributed by atoms with Crippen molar-refractivity contribution >= 4 is 12.4 Å². The molecule has 48 valence electrons. The Hall–Kier alpha value is 0.170. The summed E-state index contributed by atoms with van der Waals surface area (Å²) in [5.41, 5.74) is 0. The Balaban J connectivity index is -0.0000000800. The van der Waals surface area contributed by atoms with Gasteiger partial charge in [0.05, 0.1) is 6.10 Å². The second kappa shape index (κ2) is 9.48. The molecule has 7 heavy (non-hydrogen) atoms. The maximum atomic E-state index is 4.67. The van der Waals surface area contributed by atoms with Crippen LogP contribution in [0.2, 0.25) is 0 Å². The van der Waals surface area contributed by atoms with Gasteiger partial charge < -0.3 is 10.3 Å². The third-order valence-electron chi connectivity index (χ3n) is 0.272. The third-order valence-corrected chi connectivity index (χ3v) is 0.272. The van der Waals surface area contributed by atoms with Gasteiger partial charge in [-0.05, 0) is 13.8 Å². The smallest absolute Gasteiger partial charge is 0.0731 e. The molecule has 4 N–H and O–H groups in total. The zero-order valence-electron chi connectivity index (χ0n) is 4.47. The number of halogens is 1. The van der Waals surface area contributed by atoms with E-state index in [0.717, 1.165) is 0 Å². The Kier molecular flexibility index (Phi) is 21.3. The second-order valence-electron chi connectivity index (χ2n) is 1.18. The van der Waals surface area contributed by atoms with Crippen LogP contribution in [0.4, 0.5) is 0 Å². The van der Waals surface area contributed by atoms with Crippen molar-refractivity contribution in [1.29, 1.82) is 0 Å². The van der Waals surface area contributed by atoms with Crippen molar-refractivity contribution in [2.75, 3.05) is 0 Å². The summed E-state index contributed by atoms with van der Waals surface area (Å²) in [5.74, 6) is 4.67. The number of rotatable bonds is 1. The van der Waals surface area contributed by atoms with Crippen molar-refractivity contribution in [3.63, 3.8) is 0 Å². The maximum Gasteiger partial charge on any atom is 0.0731 e. The Morgan fingerprint density at radius 3 is 1.57 bits per heavy atom. The lowest BCUT2D eigenvalue weighted by molar-refractivity contribution is 0.0800. The van der Waals surface area contributed by atoms with E-state index in [1.807, 2.05) is 13.8 Å². The highest BCUT2D eigenvalue weighted by Gasteiger charge is 1.79. The minimum atomic E-state index is 0. The van der Waals surface area contributed by atoms with E-state index in [1.54, 1.807) is 0 Å². The fourth-order valence-electron chi connectivity index (χ4n) is 0. The lowest BCUT2D eigenvalue weighted by Crippen LogP contribution is -2.07. The highest BCUT2D eigenvalue weighted by molar-refractivity contribution is 5.85. The zero-order valence-corrected chi connectivity index (χ0v) is 5.29. The van der Waals surface area contributed by atoms with Crippen molar-refractivity contribution in [2.24, 2.45) is 5.90 Å². The molecule has 0 aliphatic carbocycles. The Morgan fingerprint density at radius 2 is 1.57 bits per heavy atom. The second-order valence-corrected chi connectivity index (χ2v) is 1.18. The first-order valence-electron chi connectivity index (χ1n) is 1.63. The zero-order chi connectivity index (χ0) is 4.28. The normalized spacial score (nSPS) is 6.86. The van der Waals surface area contributed by atoms with E-state index in [9.17, 15) is 0 Å². The quantitative estimate of drug-likeness (QED) is 0.502. The molecule has 0 aromatic heterocycles. The lowest BCUT2D eigenvalue weighted by Gasteiger charge is -1.93. The molecule has 0 aliphatic heterocycles. The standard InChI is InChI=1S/C3H9NO.ClH.H2O/c1-3(2)5-4;;/h3H,4H2,1-2H3;1H;1H2. The van der Waals surface area contributed by atoms with Crippen molar-refractivity contribution < 1.29 is 10.3 Å². The average molecular weight is 130 g/mol. The molecule has 0 saturated heterocycles. The topological polar surface area (TPSA) is 66.8 Å². The molecule has 0 unspecified atom stereocenters. The summed E-state index contributed by atoms with van der Waals surface area (Å²) >= 11 is 0. The molecule has 0 fully saturated rings. The van der Waals surface area contributed by atoms with Crippen LogP contribution in [-0.4, -0.2) is 11.6 Å². The molecule has 0 radical (unpaired) electrons. The number of hydrogen-bond acceptors (Lipinski definition) is 2. The Labute approximate surface area is 49.5 Å². The lowest BCUT2D eigenvalue weighted by atomic mass is 10.5. The molecule has 0 aromatic carbocycles. The van der Waals surface area contributed by atoms with Crippen LogP contribution >= 0.6 is 12.4 Å². The fraction of sp³-hybridized carbons (Fsp3) is 1.00. The van der Waals surface area contributed by atoms with Gasteiger partial charge in [-0.25, -0.2) is 5.90 Å². The van der Waals surface area contributed by atoms with Crippen LogP contribution in [0.15, 0.2) is 0 Å². The van der Waals surface area contributed by atoms with Crippen LogP contribution in [0.25, 0.3) is 0 Å². The molecule has 0 rings (SSSR count). The van der Waals surface area contributed by atoms with Gasteiger partial charge in [-0.15, -0.1) is 12.4 Å². The number of hydrogen-bond donors (Lipinski definition) is 1. The van der Waals surface area contributed by atoms with E-state index < -0.39 is 0 Å². The summed E-state index contributed by atoms with van der Waals surface area (Å²) in [6, 6.07) is 0. The summed E-state index contributed by atoms with van der Waals surface area (Å²) in [4.78, 5) is 4.25. The first-order chi connectivity index (χ1) is 2.27. The highest BCUT2D eigenvalue weighted by Crippen LogP contribution is 1.74. The van der Waals surface area contributed by atoms with Gasteiger partial charge in [-0.1, -0.05) is 0 Å². The van der Waals surface area contributed by atoms with Gasteiger partial charge in [0, 0.05) is 0 Å². The van der Waals surface area contributed by atoms with Crippen LogP contribution in [0, 0.1) is 0 Å². The van der Waals surface area contributed by atoms with Crippen LogP contribution < -0.4 is 5.90 Å². The molecule has 0 aromatic rings. The van der Waals surface area contributed by atoms with Gasteiger partial charge in [0.1, 0.15) is 0 Å². The first-order valence-corrected chi connectivity index (χ1v) is 1.63. The summed E-state index contributed by atoms with van der Waals surface area (Å²) < 4.78 is 0. The summed E-state index contributed by atoms with van der Waals surface area (Å²) in [6.45, 7) is 3.75. The Bertz CT molecular complexity index is 26.9. The van der Waals surface area contributed by atoms with E-state index in [4.69, 9.17) is 0 Å². The molecule has 0 saturated carbocycles. The van der Waals surface area contributed by atoms with Crippen molar-refractivity contribution in [2.45, 2.75) is 20.0 Å². The third kappa shape index (κ3) is 22.8. The van der Waals surface area contributed by atoms with Gasteiger partial charge in [-0.2, -0.15) is 0 Å². The van der Waals surface area contributed by atoms with Crippen LogP contribution in [-0.2, 0) is 4.84 Å². The molecule has 0 heterocycles. The molecule has 3 nitrogen and oxygen atoms in total. The first kappa shape index (κ1) is 15.7. The molecule has 0 atom stereocenters. The highest BCUT2D eigenvalue weighted by atomic mass is 35.5. The van der Waals surface area contributed by atoms with E-state index in [1.165, 1.54) is 0 Å². The van der Waals surface area contributed by atoms with Gasteiger partial charge in [0.15, 0.2) is 0 Å². The average Bonchev–Trinajstić information content (AvgIpc) is 1.38. The summed E-state index contributed by atoms with van der Waals surface area (Å²) in [7, 11) is 0. The maximum absolute atomic E-state index is 4.67. The Morgan fingerprint density at radius 1 is 1.43 bits per heavy atom. The van der Waals surface area contributed by atoms with Gasteiger partial charge in [0.2, 0.25) is 0 Å². The van der Waals surface area contributed by atoms with Crippen molar-refractivity contribution in [3.8, 4) is 0 Å². The molecule has 4 heteroatoms. The predicted molar refractivity (Wildman–Crippen MR) is 31.3 cm³/mol. The van der Waals surface area contributed by atoms with Crippen molar-refractivity contribution in [3.05, 3.63) is 0 Å². The van der Waals surface area contributed by atoms with E-state index in [-0.39, 0.29) is 24.0 Å². The molecule has 0 bridgehead atoms. The van der Waals surface area contributed by atoms with E-state index in [0.29, 0.717) is 0 Å². The predicted octanol–water partition coefficient (Wildman–Crippen LogP) is -0.118. The van der Waals surface area contributed by atoms with Gasteiger partial charge in [-0.3, -0.25) is 0 Å². The molecule has 0 amide bonds. The van der Waals surface area contributed by atoms with E-state index in [2.05, 4.69) is 10.7 Å². The van der Waals surface area contributed by atoms with Crippen LogP contribution in [0.1, 0.15) is 13.8 Å². The van der Waals surface area contributed by atoms with Gasteiger partial charge in [0.25, 0.3) is 0 Å². The summed E-state index contributed by atoms with van der Waals surface area (Å²) in [5, 5.41) is 0. The molecular formula is C3H12ClNO2. The van der Waals surface area contributed by atoms with Crippen LogP contribution in [0.5, 0.6) is 0 Å². The minimum absolute atomic E-state index is 0. The van der Waals surface area contributed by atoms with Gasteiger partial charge >= 0.3 is 0 Å². The minimum Gasteiger partial charge on any atom is -0.412 e. The molecular weight excluding hydrogens is 117 g/mol. The van der Waals surface area contributed by atoms with E-state index >= 15 is 0 Å². The summed E-state index contributed by atoms with van der Waals surface area (Å²) in [6.07, 6.45) is 0.162. The largest absolute Gasteiger partial charge is 0.412 e. The van der Waals surface area contributed by atoms with Crippen LogP contribution in [0.3, 0.4) is 0 Å². The fourth-order valence-corrected chi connectivity index (χ4v) is 0. The monoisotopic (exact) mass is 129 g/mol. The molecule has 0 aliphatic rings. The van der Waals surface area contributed by atoms with Crippen molar-refractivity contribution in [1.82, 2.24) is 0 Å². The SMILES string of the molecule is CC(C)ON.Cl.O. The molecule has 0 spiro atoms.